The Kier molecular flexibility index (Phi) is 9.13. The summed E-state index contributed by atoms with van der Waals surface area (Å²) in [5.74, 6) is 0.305. The summed E-state index contributed by atoms with van der Waals surface area (Å²) in [5, 5.41) is 3.06. The van der Waals surface area contributed by atoms with Crippen molar-refractivity contribution >= 4 is 11.8 Å². The van der Waals surface area contributed by atoms with Gasteiger partial charge in [0.05, 0.1) is 14.2 Å². The van der Waals surface area contributed by atoms with E-state index in [9.17, 15) is 14.0 Å². The zero-order valence-electron chi connectivity index (χ0n) is 20.0. The summed E-state index contributed by atoms with van der Waals surface area (Å²) in [7, 11) is 3.04. The number of halogens is 1. The molecule has 7 nitrogen and oxygen atoms in total. The molecule has 184 valence electrons. The van der Waals surface area contributed by atoms with Crippen LogP contribution in [0.1, 0.15) is 44.6 Å². The molecule has 1 fully saturated rings. The van der Waals surface area contributed by atoms with Gasteiger partial charge in [0.1, 0.15) is 29.1 Å². The van der Waals surface area contributed by atoms with Crippen molar-refractivity contribution in [3.05, 3.63) is 53.8 Å². The van der Waals surface area contributed by atoms with E-state index in [4.69, 9.17) is 14.2 Å². The summed E-state index contributed by atoms with van der Waals surface area (Å²) in [4.78, 5) is 27.6. The number of nitrogens with one attached hydrogen (secondary N) is 1. The largest absolute Gasteiger partial charge is 0.496 e. The highest BCUT2D eigenvalue weighted by molar-refractivity contribution is 5.88. The highest BCUT2D eigenvalue weighted by Gasteiger charge is 2.29. The highest BCUT2D eigenvalue weighted by Crippen LogP contribution is 2.27. The molecule has 0 spiro atoms. The quantitative estimate of drug-likeness (QED) is 0.564. The van der Waals surface area contributed by atoms with E-state index >= 15 is 0 Å². The lowest BCUT2D eigenvalue weighted by molar-refractivity contribution is -0.142. The number of methoxy groups -OCH3 is 2. The maximum atomic E-state index is 14.4. The lowest BCUT2D eigenvalue weighted by Crippen LogP contribution is -2.51. The van der Waals surface area contributed by atoms with Crippen LogP contribution in [-0.2, 0) is 16.1 Å². The van der Waals surface area contributed by atoms with E-state index in [2.05, 4.69) is 5.32 Å². The number of carbonyl (C=O) groups excluding carboxylic acids is 2. The minimum Gasteiger partial charge on any atom is -0.496 e. The molecule has 0 aliphatic heterocycles. The van der Waals surface area contributed by atoms with E-state index < -0.39 is 17.8 Å². The average molecular weight is 473 g/mol. The summed E-state index contributed by atoms with van der Waals surface area (Å²) in [6, 6.07) is 10.5. The van der Waals surface area contributed by atoms with Crippen LogP contribution < -0.4 is 19.5 Å². The molecule has 1 aliphatic rings. The van der Waals surface area contributed by atoms with Gasteiger partial charge in [-0.25, -0.2) is 4.39 Å². The molecule has 1 N–H and O–H groups in total. The first kappa shape index (κ1) is 25.3. The van der Waals surface area contributed by atoms with Crippen molar-refractivity contribution in [2.24, 2.45) is 0 Å². The molecule has 2 aromatic carbocycles. The zero-order valence-corrected chi connectivity index (χ0v) is 20.0. The van der Waals surface area contributed by atoms with Crippen LogP contribution in [0.5, 0.6) is 17.2 Å². The first-order valence-electron chi connectivity index (χ1n) is 11.6. The van der Waals surface area contributed by atoms with Gasteiger partial charge < -0.3 is 24.4 Å². The number of hydrogen-bond donors (Lipinski definition) is 1. The third kappa shape index (κ3) is 6.85. The molecule has 1 atom stereocenters. The normalized spacial score (nSPS) is 14.7. The van der Waals surface area contributed by atoms with Crippen LogP contribution in [0, 0.1) is 5.82 Å². The predicted molar refractivity (Wildman–Crippen MR) is 126 cm³/mol. The van der Waals surface area contributed by atoms with E-state index in [0.717, 1.165) is 25.7 Å². The molecular weight excluding hydrogens is 439 g/mol. The molecule has 0 aromatic heterocycles. The first-order chi connectivity index (χ1) is 16.4. The van der Waals surface area contributed by atoms with Crippen LogP contribution in [0.2, 0.25) is 0 Å². The minimum atomic E-state index is -0.794. The van der Waals surface area contributed by atoms with Gasteiger partial charge in [0.25, 0.3) is 5.91 Å². The lowest BCUT2D eigenvalue weighted by Gasteiger charge is -2.31. The number of carbonyl (C=O) groups is 2. The number of ether oxygens (including phenoxy) is 3. The van der Waals surface area contributed by atoms with Gasteiger partial charge in [0.2, 0.25) is 5.91 Å². The van der Waals surface area contributed by atoms with Gasteiger partial charge in [0.15, 0.2) is 6.61 Å². The van der Waals surface area contributed by atoms with E-state index in [-0.39, 0.29) is 25.1 Å². The van der Waals surface area contributed by atoms with Crippen molar-refractivity contribution in [1.29, 1.82) is 0 Å². The van der Waals surface area contributed by atoms with Crippen molar-refractivity contribution in [2.75, 3.05) is 20.8 Å². The lowest BCUT2D eigenvalue weighted by atomic mass is 9.95. The van der Waals surface area contributed by atoms with Gasteiger partial charge in [-0.2, -0.15) is 0 Å². The number of rotatable bonds is 10. The number of amides is 2. The Balaban J connectivity index is 1.74. The maximum absolute atomic E-state index is 14.4. The van der Waals surface area contributed by atoms with Gasteiger partial charge >= 0.3 is 0 Å². The summed E-state index contributed by atoms with van der Waals surface area (Å²) in [6.45, 7) is 1.28. The Morgan fingerprint density at radius 2 is 1.65 bits per heavy atom. The van der Waals surface area contributed by atoms with Crippen molar-refractivity contribution in [1.82, 2.24) is 10.2 Å². The third-order valence-electron chi connectivity index (χ3n) is 6.10. The second kappa shape index (κ2) is 12.3. The van der Waals surface area contributed by atoms with E-state index in [1.807, 2.05) is 0 Å². The van der Waals surface area contributed by atoms with Crippen LogP contribution in [0.3, 0.4) is 0 Å². The van der Waals surface area contributed by atoms with Crippen LogP contribution in [0.25, 0.3) is 0 Å². The molecule has 2 amide bonds. The molecule has 1 saturated carbocycles. The molecule has 0 heterocycles. The third-order valence-corrected chi connectivity index (χ3v) is 6.10. The summed E-state index contributed by atoms with van der Waals surface area (Å²) < 4.78 is 30.5. The predicted octanol–water partition coefficient (Wildman–Crippen LogP) is 4.09. The van der Waals surface area contributed by atoms with Crippen molar-refractivity contribution in [3.8, 4) is 17.2 Å². The Morgan fingerprint density at radius 1 is 1.03 bits per heavy atom. The van der Waals surface area contributed by atoms with Crippen molar-refractivity contribution < 1.29 is 28.2 Å². The SMILES string of the molecule is COc1cc(OC)cc(OCC(=O)N(Cc2ccccc2F)[C@H](C)C(=O)NC2CCCCC2)c1. The molecule has 3 rings (SSSR count). The van der Waals surface area contributed by atoms with Gasteiger partial charge in [0, 0.05) is 36.3 Å². The van der Waals surface area contributed by atoms with Crippen molar-refractivity contribution in [2.45, 2.75) is 57.7 Å². The Bertz CT molecular complexity index is 955. The first-order valence-corrected chi connectivity index (χ1v) is 11.6. The molecule has 0 unspecified atom stereocenters. The van der Waals surface area contributed by atoms with Crippen molar-refractivity contribution in [3.63, 3.8) is 0 Å². The molecule has 34 heavy (non-hydrogen) atoms. The molecule has 8 heteroatoms. The Labute approximate surface area is 200 Å². The average Bonchev–Trinajstić information content (AvgIpc) is 2.86. The number of benzene rings is 2. The number of hydrogen-bond acceptors (Lipinski definition) is 5. The molecule has 2 aromatic rings. The summed E-state index contributed by atoms with van der Waals surface area (Å²) in [6.07, 6.45) is 5.19. The molecule has 0 radical (unpaired) electrons. The molecule has 1 aliphatic carbocycles. The fourth-order valence-corrected chi connectivity index (χ4v) is 4.05. The van der Waals surface area contributed by atoms with E-state index in [0.29, 0.717) is 22.8 Å². The van der Waals surface area contributed by atoms with Crippen LogP contribution in [0.4, 0.5) is 4.39 Å². The molecular formula is C26H33FN2O5. The van der Waals surface area contributed by atoms with E-state index in [1.165, 1.54) is 31.6 Å². The van der Waals surface area contributed by atoms with E-state index in [1.54, 1.807) is 43.3 Å². The standard InChI is InChI=1S/C26H33FN2O5/c1-18(26(31)28-20-10-5-4-6-11-20)29(16-19-9-7-8-12-24(19)27)25(30)17-34-23-14-21(32-2)13-22(15-23)33-3/h7-9,12-15,18,20H,4-6,10-11,16-17H2,1-3H3,(H,28,31)/t18-/m1/s1. The summed E-state index contributed by atoms with van der Waals surface area (Å²) >= 11 is 0. The topological polar surface area (TPSA) is 77.1 Å². The molecule has 0 saturated heterocycles. The fourth-order valence-electron chi connectivity index (χ4n) is 4.05. The second-order valence-corrected chi connectivity index (χ2v) is 8.47. The van der Waals surface area contributed by atoms with Gasteiger partial charge in [-0.3, -0.25) is 9.59 Å². The highest BCUT2D eigenvalue weighted by atomic mass is 19.1. The fraction of sp³-hybridized carbons (Fsp3) is 0.462. The second-order valence-electron chi connectivity index (χ2n) is 8.47. The smallest absolute Gasteiger partial charge is 0.261 e. The van der Waals surface area contributed by atoms with Crippen LogP contribution in [-0.4, -0.2) is 49.6 Å². The van der Waals surface area contributed by atoms with Gasteiger partial charge in [-0.1, -0.05) is 37.5 Å². The van der Waals surface area contributed by atoms with Crippen LogP contribution >= 0.6 is 0 Å². The molecule has 0 bridgehead atoms. The van der Waals surface area contributed by atoms with Gasteiger partial charge in [-0.15, -0.1) is 0 Å². The monoisotopic (exact) mass is 472 g/mol. The van der Waals surface area contributed by atoms with Crippen LogP contribution in [0.15, 0.2) is 42.5 Å². The Morgan fingerprint density at radius 3 is 2.26 bits per heavy atom. The Hall–Kier alpha value is -3.29. The number of nitrogens with zero attached hydrogens (tertiary/aromatic N) is 1. The van der Waals surface area contributed by atoms with Gasteiger partial charge in [-0.05, 0) is 25.8 Å². The zero-order chi connectivity index (χ0) is 24.5. The maximum Gasteiger partial charge on any atom is 0.261 e. The minimum absolute atomic E-state index is 0.0461. The summed E-state index contributed by atoms with van der Waals surface area (Å²) in [5.41, 5.74) is 0.330.